The van der Waals surface area contributed by atoms with E-state index in [0.717, 1.165) is 24.0 Å². The van der Waals surface area contributed by atoms with Crippen molar-refractivity contribution in [2.24, 2.45) is 0 Å². The molecular weight excluding hydrogens is 350 g/mol. The fraction of sp³-hybridized carbons (Fsp3) is 0.385. The Morgan fingerprint density at radius 2 is 1.29 bits per heavy atom. The zero-order chi connectivity index (χ0) is 20.2. The van der Waals surface area contributed by atoms with Crippen LogP contribution in [-0.4, -0.2) is 0 Å². The molecule has 2 aromatic carbocycles. The van der Waals surface area contributed by atoms with Crippen molar-refractivity contribution in [1.82, 2.24) is 0 Å². The van der Waals surface area contributed by atoms with Crippen LogP contribution in [0.15, 0.2) is 54.4 Å². The molecule has 0 bridgehead atoms. The van der Waals surface area contributed by atoms with Crippen molar-refractivity contribution in [1.29, 1.82) is 0 Å². The van der Waals surface area contributed by atoms with Crippen molar-refractivity contribution in [2.45, 2.75) is 65.2 Å². The minimum absolute atomic E-state index is 0.151. The lowest BCUT2D eigenvalue weighted by Crippen LogP contribution is -1.86. The second-order valence-corrected chi connectivity index (χ2v) is 7.16. The number of halogens is 2. The average molecular weight is 381 g/mol. The van der Waals surface area contributed by atoms with E-state index >= 15 is 0 Å². The molecule has 148 valence electrons. The minimum atomic E-state index is -0.762. The highest BCUT2D eigenvalue weighted by molar-refractivity contribution is 5.62. The number of rotatable bonds is 9. The molecule has 28 heavy (non-hydrogen) atoms. The third kappa shape index (κ3) is 7.31. The molecule has 0 saturated heterocycles. The van der Waals surface area contributed by atoms with Crippen LogP contribution in [-0.2, 0) is 6.42 Å². The Labute approximate surface area is 168 Å². The lowest BCUT2D eigenvalue weighted by atomic mass is 10.0. The maximum Gasteiger partial charge on any atom is 0.161 e. The molecule has 2 rings (SSSR count). The van der Waals surface area contributed by atoms with Gasteiger partial charge in [0.25, 0.3) is 0 Å². The van der Waals surface area contributed by atoms with E-state index in [1.165, 1.54) is 31.2 Å². The van der Waals surface area contributed by atoms with Crippen LogP contribution in [0.25, 0.3) is 5.83 Å². The van der Waals surface area contributed by atoms with Gasteiger partial charge in [-0.05, 0) is 49.1 Å². The van der Waals surface area contributed by atoms with Gasteiger partial charge in [0.05, 0.1) is 0 Å². The highest BCUT2D eigenvalue weighted by atomic mass is 19.2. The Morgan fingerprint density at radius 3 is 1.86 bits per heavy atom. The van der Waals surface area contributed by atoms with Crippen LogP contribution in [0.1, 0.15) is 81.0 Å². The zero-order valence-electron chi connectivity index (χ0n) is 17.0. The predicted octanol–water partition coefficient (Wildman–Crippen LogP) is 8.01. The van der Waals surface area contributed by atoms with Gasteiger partial charge in [0, 0.05) is 23.1 Å². The van der Waals surface area contributed by atoms with Gasteiger partial charge in [0.2, 0.25) is 0 Å². The Morgan fingerprint density at radius 1 is 0.714 bits per heavy atom. The topological polar surface area (TPSA) is 0 Å². The molecule has 0 aliphatic rings. The summed E-state index contributed by atoms with van der Waals surface area (Å²) >= 11 is 0. The fourth-order valence-corrected chi connectivity index (χ4v) is 2.95. The van der Waals surface area contributed by atoms with Crippen molar-refractivity contribution in [3.8, 4) is 11.8 Å². The summed E-state index contributed by atoms with van der Waals surface area (Å²) in [6.07, 6.45) is 7.83. The largest absolute Gasteiger partial charge is 0.209 e. The maximum absolute atomic E-state index is 14.1. The van der Waals surface area contributed by atoms with Gasteiger partial charge in [0.1, 0.15) is 5.83 Å². The second-order valence-electron chi connectivity index (χ2n) is 7.16. The van der Waals surface area contributed by atoms with Gasteiger partial charge >= 0.3 is 0 Å². The number of hydrogen-bond donors (Lipinski definition) is 0. The van der Waals surface area contributed by atoms with Crippen LogP contribution in [0.2, 0.25) is 0 Å². The SMILES string of the molecule is CCCCCCc1ccc(C#Cc2ccc(C(F)=C(F)CCCC)cc2)cc1. The Bertz CT molecular complexity index is 802. The van der Waals surface area contributed by atoms with Crippen molar-refractivity contribution in [3.63, 3.8) is 0 Å². The summed E-state index contributed by atoms with van der Waals surface area (Å²) in [5.41, 5.74) is 3.36. The van der Waals surface area contributed by atoms with E-state index in [1.807, 2.05) is 19.1 Å². The van der Waals surface area contributed by atoms with Gasteiger partial charge < -0.3 is 0 Å². The van der Waals surface area contributed by atoms with E-state index in [2.05, 4.69) is 30.9 Å². The van der Waals surface area contributed by atoms with Crippen LogP contribution in [0.3, 0.4) is 0 Å². The van der Waals surface area contributed by atoms with E-state index in [9.17, 15) is 8.78 Å². The quantitative estimate of drug-likeness (QED) is 0.305. The Hall–Kier alpha value is -2.40. The first-order valence-electron chi connectivity index (χ1n) is 10.4. The van der Waals surface area contributed by atoms with E-state index in [-0.39, 0.29) is 12.0 Å². The van der Waals surface area contributed by atoms with Gasteiger partial charge in [-0.25, -0.2) is 8.78 Å². The first-order valence-corrected chi connectivity index (χ1v) is 10.4. The molecule has 0 aromatic heterocycles. The highest BCUT2D eigenvalue weighted by Crippen LogP contribution is 2.25. The average Bonchev–Trinajstić information content (AvgIpc) is 2.74. The minimum Gasteiger partial charge on any atom is -0.209 e. The third-order valence-electron chi connectivity index (χ3n) is 4.75. The zero-order valence-corrected chi connectivity index (χ0v) is 17.0. The van der Waals surface area contributed by atoms with Crippen molar-refractivity contribution < 1.29 is 8.78 Å². The van der Waals surface area contributed by atoms with Gasteiger partial charge in [0.15, 0.2) is 5.83 Å². The van der Waals surface area contributed by atoms with Crippen LogP contribution in [0.4, 0.5) is 8.78 Å². The van der Waals surface area contributed by atoms with E-state index in [4.69, 9.17) is 0 Å². The molecule has 0 radical (unpaired) electrons. The summed E-state index contributed by atoms with van der Waals surface area (Å²) in [6, 6.07) is 15.0. The van der Waals surface area contributed by atoms with E-state index < -0.39 is 11.7 Å². The summed E-state index contributed by atoms with van der Waals surface area (Å²) in [7, 11) is 0. The lowest BCUT2D eigenvalue weighted by Gasteiger charge is -2.02. The molecule has 2 aromatic rings. The second kappa shape index (κ2) is 12.1. The van der Waals surface area contributed by atoms with E-state index in [0.29, 0.717) is 6.42 Å². The predicted molar refractivity (Wildman–Crippen MR) is 115 cm³/mol. The molecule has 0 heterocycles. The highest BCUT2D eigenvalue weighted by Gasteiger charge is 2.08. The van der Waals surface area contributed by atoms with Gasteiger partial charge in [-0.15, -0.1) is 0 Å². The van der Waals surface area contributed by atoms with Crippen molar-refractivity contribution >= 4 is 5.83 Å². The lowest BCUT2D eigenvalue weighted by molar-refractivity contribution is 0.548. The van der Waals surface area contributed by atoms with Gasteiger partial charge in [-0.2, -0.15) is 0 Å². The Kier molecular flexibility index (Phi) is 9.49. The van der Waals surface area contributed by atoms with Crippen LogP contribution in [0.5, 0.6) is 0 Å². The monoisotopic (exact) mass is 380 g/mol. The molecule has 0 aliphatic heterocycles. The number of unbranched alkanes of at least 4 members (excludes halogenated alkanes) is 4. The standard InChI is InChI=1S/C26H30F2/c1-3-5-7-8-9-21-11-13-22(14-12-21)15-16-23-17-19-24(20-18-23)26(28)25(27)10-6-4-2/h11-14,17-20H,3-10H2,1-2H3. The molecule has 0 N–H and O–H groups in total. The fourth-order valence-electron chi connectivity index (χ4n) is 2.95. The first kappa shape index (κ1) is 21.9. The molecule has 0 amide bonds. The maximum atomic E-state index is 14.1. The number of benzene rings is 2. The van der Waals surface area contributed by atoms with Gasteiger partial charge in [-0.1, -0.05) is 75.6 Å². The van der Waals surface area contributed by atoms with Gasteiger partial charge in [-0.3, -0.25) is 0 Å². The first-order chi connectivity index (χ1) is 13.6. The molecule has 0 fully saturated rings. The molecule has 0 atom stereocenters. The van der Waals surface area contributed by atoms with Crippen molar-refractivity contribution in [3.05, 3.63) is 76.6 Å². The summed E-state index contributed by atoms with van der Waals surface area (Å²) < 4.78 is 27.8. The molecule has 0 saturated carbocycles. The summed E-state index contributed by atoms with van der Waals surface area (Å²) in [4.78, 5) is 0. The summed E-state index contributed by atoms with van der Waals surface area (Å²) in [5.74, 6) is 4.79. The third-order valence-corrected chi connectivity index (χ3v) is 4.75. The molecule has 0 unspecified atom stereocenters. The number of hydrogen-bond acceptors (Lipinski definition) is 0. The number of allylic oxidation sites excluding steroid dienone is 1. The molecule has 0 spiro atoms. The van der Waals surface area contributed by atoms with Crippen LogP contribution >= 0.6 is 0 Å². The Balaban J connectivity index is 1.96. The molecule has 0 nitrogen and oxygen atoms in total. The van der Waals surface area contributed by atoms with E-state index in [1.54, 1.807) is 24.3 Å². The smallest absolute Gasteiger partial charge is 0.161 e. The normalized spacial score (nSPS) is 11.6. The number of aryl methyl sites for hydroxylation is 1. The molecular formula is C26H30F2. The molecule has 2 heteroatoms. The molecule has 0 aliphatic carbocycles. The van der Waals surface area contributed by atoms with Crippen LogP contribution < -0.4 is 0 Å². The summed E-state index contributed by atoms with van der Waals surface area (Å²) in [6.45, 7) is 4.18. The van der Waals surface area contributed by atoms with Crippen molar-refractivity contribution in [2.75, 3.05) is 0 Å². The summed E-state index contributed by atoms with van der Waals surface area (Å²) in [5, 5.41) is 0. The van der Waals surface area contributed by atoms with Crippen LogP contribution in [0, 0.1) is 11.8 Å².